The van der Waals surface area contributed by atoms with Crippen LogP contribution in [-0.2, 0) is 13.6 Å². The first kappa shape index (κ1) is 24.5. The van der Waals surface area contributed by atoms with Crippen molar-refractivity contribution in [3.05, 3.63) is 84.1 Å². The van der Waals surface area contributed by atoms with Crippen molar-refractivity contribution in [3.8, 4) is 11.1 Å². The van der Waals surface area contributed by atoms with Gasteiger partial charge in [0.2, 0.25) is 0 Å². The Labute approximate surface area is 215 Å². The van der Waals surface area contributed by atoms with Crippen LogP contribution in [0.1, 0.15) is 15.9 Å². The molecule has 37 heavy (non-hydrogen) atoms. The zero-order valence-electron chi connectivity index (χ0n) is 21.0. The standard InChI is InChI=1S/C28H30N6O3/c1-31-12-14-33(15-13-31)28(36)34(19-20-6-8-21(9-7-20)27(35)30-37)25-5-3-4-22(17-25)23-10-11-26-24(16-23)18-29-32(26)2/h3-11,16-18,37H,12-15,19H2,1-2H3,(H,30,35). The molecule has 190 valence electrons. The summed E-state index contributed by atoms with van der Waals surface area (Å²) < 4.78 is 1.85. The molecule has 0 radical (unpaired) electrons. The fraction of sp³-hybridized carbons (Fsp3) is 0.250. The molecule has 1 aliphatic heterocycles. The zero-order chi connectivity index (χ0) is 25.9. The van der Waals surface area contributed by atoms with E-state index in [9.17, 15) is 9.59 Å². The van der Waals surface area contributed by atoms with E-state index in [4.69, 9.17) is 5.21 Å². The lowest BCUT2D eigenvalue weighted by atomic mass is 10.0. The van der Waals surface area contributed by atoms with E-state index in [1.807, 2.05) is 47.1 Å². The number of likely N-dealkylation sites (N-methyl/N-ethyl adjacent to an activating group) is 1. The molecule has 4 aromatic rings. The van der Waals surface area contributed by atoms with Crippen LogP contribution in [0, 0.1) is 0 Å². The quantitative estimate of drug-likeness (QED) is 0.323. The van der Waals surface area contributed by atoms with Crippen LogP contribution in [0.4, 0.5) is 10.5 Å². The maximum atomic E-state index is 13.8. The van der Waals surface area contributed by atoms with Gasteiger partial charge in [-0.2, -0.15) is 5.10 Å². The van der Waals surface area contributed by atoms with Gasteiger partial charge >= 0.3 is 6.03 Å². The van der Waals surface area contributed by atoms with E-state index in [1.54, 1.807) is 34.6 Å². The van der Waals surface area contributed by atoms with Crippen LogP contribution in [0.15, 0.2) is 72.9 Å². The summed E-state index contributed by atoms with van der Waals surface area (Å²) in [6.07, 6.45) is 1.85. The first-order valence-corrected chi connectivity index (χ1v) is 12.2. The summed E-state index contributed by atoms with van der Waals surface area (Å²) in [4.78, 5) is 31.4. The number of urea groups is 1. The van der Waals surface area contributed by atoms with Crippen LogP contribution in [0.25, 0.3) is 22.0 Å². The maximum absolute atomic E-state index is 13.8. The monoisotopic (exact) mass is 498 g/mol. The van der Waals surface area contributed by atoms with Gasteiger partial charge in [0.1, 0.15) is 0 Å². The van der Waals surface area contributed by atoms with Gasteiger partial charge in [0, 0.05) is 49.9 Å². The van der Waals surface area contributed by atoms with Crippen molar-refractivity contribution < 1.29 is 14.8 Å². The minimum atomic E-state index is -0.574. The number of aryl methyl sites for hydroxylation is 1. The van der Waals surface area contributed by atoms with Gasteiger partial charge < -0.3 is 9.80 Å². The highest BCUT2D eigenvalue weighted by Crippen LogP contribution is 2.29. The van der Waals surface area contributed by atoms with Gasteiger partial charge in [0.05, 0.1) is 18.3 Å². The Hall–Kier alpha value is -4.21. The van der Waals surface area contributed by atoms with E-state index in [0.29, 0.717) is 25.2 Å². The van der Waals surface area contributed by atoms with Crippen molar-refractivity contribution in [1.29, 1.82) is 0 Å². The Bertz CT molecular complexity index is 1420. The van der Waals surface area contributed by atoms with Crippen LogP contribution < -0.4 is 10.4 Å². The number of amides is 3. The molecule has 0 spiro atoms. The number of carbonyl (C=O) groups is 2. The van der Waals surface area contributed by atoms with Gasteiger partial charge in [-0.1, -0.05) is 30.3 Å². The summed E-state index contributed by atoms with van der Waals surface area (Å²) in [5, 5.41) is 14.3. The van der Waals surface area contributed by atoms with E-state index in [2.05, 4.69) is 35.2 Å². The number of benzene rings is 3. The van der Waals surface area contributed by atoms with E-state index in [-0.39, 0.29) is 6.03 Å². The molecular formula is C28H30N6O3. The molecule has 1 saturated heterocycles. The average molecular weight is 499 g/mol. The summed E-state index contributed by atoms with van der Waals surface area (Å²) >= 11 is 0. The third-order valence-electron chi connectivity index (χ3n) is 6.90. The summed E-state index contributed by atoms with van der Waals surface area (Å²) in [6.45, 7) is 3.33. The zero-order valence-corrected chi connectivity index (χ0v) is 21.0. The number of hydrogen-bond acceptors (Lipinski definition) is 5. The second-order valence-electron chi connectivity index (χ2n) is 9.39. The Morgan fingerprint density at radius 3 is 2.41 bits per heavy atom. The van der Waals surface area contributed by atoms with Crippen LogP contribution in [0.3, 0.4) is 0 Å². The van der Waals surface area contributed by atoms with Gasteiger partial charge in [-0.15, -0.1) is 0 Å². The van der Waals surface area contributed by atoms with Crippen LogP contribution in [-0.4, -0.2) is 70.0 Å². The molecule has 0 saturated carbocycles. The molecule has 1 fully saturated rings. The van der Waals surface area contributed by atoms with Crippen molar-refractivity contribution in [2.45, 2.75) is 6.54 Å². The highest BCUT2D eigenvalue weighted by molar-refractivity contribution is 5.94. The van der Waals surface area contributed by atoms with Crippen molar-refractivity contribution in [2.75, 3.05) is 38.1 Å². The molecule has 9 nitrogen and oxygen atoms in total. The number of hydroxylamine groups is 1. The van der Waals surface area contributed by atoms with E-state index in [1.165, 1.54) is 0 Å². The van der Waals surface area contributed by atoms with Crippen molar-refractivity contribution in [2.24, 2.45) is 7.05 Å². The van der Waals surface area contributed by atoms with Crippen molar-refractivity contribution >= 4 is 28.5 Å². The number of anilines is 1. The summed E-state index contributed by atoms with van der Waals surface area (Å²) in [7, 11) is 3.99. The van der Waals surface area contributed by atoms with E-state index in [0.717, 1.165) is 46.4 Å². The summed E-state index contributed by atoms with van der Waals surface area (Å²) in [6, 6.07) is 21.1. The highest BCUT2D eigenvalue weighted by Gasteiger charge is 2.26. The topological polar surface area (TPSA) is 93.9 Å². The third-order valence-corrected chi connectivity index (χ3v) is 6.90. The van der Waals surface area contributed by atoms with Crippen molar-refractivity contribution in [3.63, 3.8) is 0 Å². The maximum Gasteiger partial charge on any atom is 0.324 e. The Kier molecular flexibility index (Phi) is 6.89. The van der Waals surface area contributed by atoms with Gasteiger partial charge in [-0.05, 0) is 60.1 Å². The number of rotatable bonds is 5. The lowest BCUT2D eigenvalue weighted by Crippen LogP contribution is -2.51. The minimum Gasteiger partial charge on any atom is -0.322 e. The van der Waals surface area contributed by atoms with Gasteiger partial charge in [0.15, 0.2) is 0 Å². The van der Waals surface area contributed by atoms with Crippen LogP contribution >= 0.6 is 0 Å². The normalized spacial score (nSPS) is 14.1. The Balaban J connectivity index is 1.47. The van der Waals surface area contributed by atoms with Gasteiger partial charge in [0.25, 0.3) is 5.91 Å². The first-order valence-electron chi connectivity index (χ1n) is 12.2. The fourth-order valence-corrected chi connectivity index (χ4v) is 4.64. The Morgan fingerprint density at radius 2 is 1.68 bits per heavy atom. The fourth-order valence-electron chi connectivity index (χ4n) is 4.64. The molecule has 1 aromatic heterocycles. The molecule has 0 aliphatic carbocycles. The number of nitrogens with zero attached hydrogens (tertiary/aromatic N) is 5. The third kappa shape index (κ3) is 5.18. The molecule has 3 amide bonds. The van der Waals surface area contributed by atoms with E-state index < -0.39 is 5.91 Å². The summed E-state index contributed by atoms with van der Waals surface area (Å²) in [5.41, 5.74) is 6.78. The lowest BCUT2D eigenvalue weighted by Gasteiger charge is -2.36. The molecule has 5 rings (SSSR count). The predicted molar refractivity (Wildman–Crippen MR) is 142 cm³/mol. The number of aromatic nitrogens is 2. The number of carbonyl (C=O) groups excluding carboxylic acids is 2. The molecule has 1 aliphatic rings. The number of fused-ring (bicyclic) bond motifs is 1. The van der Waals surface area contributed by atoms with Gasteiger partial charge in [-0.25, -0.2) is 10.3 Å². The molecule has 2 heterocycles. The Morgan fingerprint density at radius 1 is 0.946 bits per heavy atom. The van der Waals surface area contributed by atoms with Crippen LogP contribution in [0.2, 0.25) is 0 Å². The SMILES string of the molecule is CN1CCN(C(=O)N(Cc2ccc(C(=O)NO)cc2)c2cccc(-c3ccc4c(cnn4C)c3)c2)CC1. The molecule has 2 N–H and O–H groups in total. The summed E-state index contributed by atoms with van der Waals surface area (Å²) in [5.74, 6) is -0.574. The van der Waals surface area contributed by atoms with Crippen LogP contribution in [0.5, 0.6) is 0 Å². The highest BCUT2D eigenvalue weighted by atomic mass is 16.5. The molecule has 9 heteroatoms. The number of nitrogens with one attached hydrogen (secondary N) is 1. The predicted octanol–water partition coefficient (Wildman–Crippen LogP) is 3.73. The average Bonchev–Trinajstić information content (AvgIpc) is 3.31. The minimum absolute atomic E-state index is 0.0508. The second-order valence-corrected chi connectivity index (χ2v) is 9.39. The largest absolute Gasteiger partial charge is 0.324 e. The lowest BCUT2D eigenvalue weighted by molar-refractivity contribution is 0.0706. The molecule has 0 unspecified atom stereocenters. The number of piperazine rings is 1. The smallest absolute Gasteiger partial charge is 0.322 e. The molecular weight excluding hydrogens is 468 g/mol. The molecule has 0 atom stereocenters. The van der Waals surface area contributed by atoms with Crippen molar-refractivity contribution in [1.82, 2.24) is 25.1 Å². The first-order chi connectivity index (χ1) is 17.9. The van der Waals surface area contributed by atoms with E-state index >= 15 is 0 Å². The molecule has 0 bridgehead atoms. The van der Waals surface area contributed by atoms with Gasteiger partial charge in [-0.3, -0.25) is 19.6 Å². The molecule has 3 aromatic carbocycles. The second kappa shape index (κ2) is 10.4. The number of hydrogen-bond donors (Lipinski definition) is 2.